The van der Waals surface area contributed by atoms with E-state index in [0.717, 1.165) is 5.56 Å². The number of carboxylic acids is 1. The highest BCUT2D eigenvalue weighted by Crippen LogP contribution is 2.40. The molecule has 3 rings (SSSR count). The number of carbonyl (C=O) groups is 2. The predicted octanol–water partition coefficient (Wildman–Crippen LogP) is 2.87. The molecule has 1 atom stereocenters. The van der Waals surface area contributed by atoms with Gasteiger partial charge in [0, 0.05) is 12.6 Å². The Labute approximate surface area is 139 Å². The molecule has 2 aromatic rings. The highest BCUT2D eigenvalue weighted by Gasteiger charge is 2.30. The number of anilines is 1. The van der Waals surface area contributed by atoms with Crippen LogP contribution in [-0.2, 0) is 6.54 Å². The van der Waals surface area contributed by atoms with Crippen LogP contribution < -0.4 is 10.6 Å². The Bertz CT molecular complexity index is 735. The summed E-state index contributed by atoms with van der Waals surface area (Å²) in [5, 5.41) is 18.7. The van der Waals surface area contributed by atoms with Crippen LogP contribution in [0.25, 0.3) is 0 Å². The van der Waals surface area contributed by atoms with Gasteiger partial charge in [0.05, 0.1) is 17.8 Å². The first-order chi connectivity index (χ1) is 11.5. The molecular weight excluding hydrogens is 308 g/mol. The van der Waals surface area contributed by atoms with E-state index in [-0.39, 0.29) is 17.6 Å². The van der Waals surface area contributed by atoms with E-state index in [1.54, 1.807) is 24.4 Å². The molecular formula is C17H20N4O3. The van der Waals surface area contributed by atoms with E-state index >= 15 is 0 Å². The largest absolute Gasteiger partial charge is 0.478 e. The fourth-order valence-corrected chi connectivity index (χ4v) is 2.62. The van der Waals surface area contributed by atoms with E-state index in [1.165, 1.54) is 25.0 Å². The summed E-state index contributed by atoms with van der Waals surface area (Å²) in [6.45, 7) is 2.43. The lowest BCUT2D eigenvalue weighted by Crippen LogP contribution is -2.29. The molecule has 1 fully saturated rings. The second kappa shape index (κ2) is 6.74. The predicted molar refractivity (Wildman–Crippen MR) is 88.9 cm³/mol. The number of hydrogen-bond donors (Lipinski definition) is 3. The smallest absolute Gasteiger partial charge is 0.335 e. The topological polar surface area (TPSA) is 96.3 Å². The number of amides is 2. The SMILES string of the molecule is CC(C1CC1)n1nccc1NC(=O)NCc1ccc(C(=O)O)cc1. The molecule has 1 unspecified atom stereocenters. The number of carboxylic acid groups (broad SMARTS) is 1. The molecule has 2 amide bonds. The number of urea groups is 1. The molecule has 7 heteroatoms. The van der Waals surface area contributed by atoms with Crippen molar-refractivity contribution in [2.75, 3.05) is 5.32 Å². The number of hydrogen-bond acceptors (Lipinski definition) is 3. The second-order valence-electron chi connectivity index (χ2n) is 6.05. The van der Waals surface area contributed by atoms with E-state index in [1.807, 2.05) is 4.68 Å². The molecule has 1 saturated carbocycles. The van der Waals surface area contributed by atoms with Gasteiger partial charge in [-0.05, 0) is 43.4 Å². The third-order valence-electron chi connectivity index (χ3n) is 4.26. The number of aromatic nitrogens is 2. The van der Waals surface area contributed by atoms with Crippen LogP contribution in [0.3, 0.4) is 0 Å². The van der Waals surface area contributed by atoms with E-state index in [9.17, 15) is 9.59 Å². The molecule has 1 aromatic carbocycles. The van der Waals surface area contributed by atoms with Crippen molar-refractivity contribution in [3.05, 3.63) is 47.7 Å². The van der Waals surface area contributed by atoms with Gasteiger partial charge in [-0.15, -0.1) is 0 Å². The van der Waals surface area contributed by atoms with Gasteiger partial charge in [-0.1, -0.05) is 12.1 Å². The second-order valence-corrected chi connectivity index (χ2v) is 6.05. The molecule has 7 nitrogen and oxygen atoms in total. The molecule has 0 saturated heterocycles. The average molecular weight is 328 g/mol. The van der Waals surface area contributed by atoms with Crippen molar-refractivity contribution in [1.29, 1.82) is 0 Å². The zero-order chi connectivity index (χ0) is 17.1. The molecule has 126 valence electrons. The highest BCUT2D eigenvalue weighted by atomic mass is 16.4. The Morgan fingerprint density at radius 1 is 1.29 bits per heavy atom. The van der Waals surface area contributed by atoms with Crippen molar-refractivity contribution < 1.29 is 14.7 Å². The minimum atomic E-state index is -0.967. The third kappa shape index (κ3) is 3.73. The van der Waals surface area contributed by atoms with Crippen molar-refractivity contribution in [3.63, 3.8) is 0 Å². The van der Waals surface area contributed by atoms with Crippen LogP contribution >= 0.6 is 0 Å². The van der Waals surface area contributed by atoms with Crippen molar-refractivity contribution in [1.82, 2.24) is 15.1 Å². The number of nitrogens with zero attached hydrogens (tertiary/aromatic N) is 2. The number of benzene rings is 1. The first-order valence-corrected chi connectivity index (χ1v) is 7.95. The van der Waals surface area contributed by atoms with Crippen molar-refractivity contribution >= 4 is 17.8 Å². The summed E-state index contributed by atoms with van der Waals surface area (Å²) in [6, 6.07) is 8.14. The minimum Gasteiger partial charge on any atom is -0.478 e. The number of rotatable bonds is 6. The van der Waals surface area contributed by atoms with Crippen LogP contribution in [0.4, 0.5) is 10.6 Å². The van der Waals surface area contributed by atoms with Gasteiger partial charge >= 0.3 is 12.0 Å². The summed E-state index contributed by atoms with van der Waals surface area (Å²) in [5.74, 6) is 0.347. The molecule has 0 aliphatic heterocycles. The van der Waals surface area contributed by atoms with Gasteiger partial charge in [0.1, 0.15) is 5.82 Å². The van der Waals surface area contributed by atoms with Gasteiger partial charge in [0.15, 0.2) is 0 Å². The van der Waals surface area contributed by atoms with Gasteiger partial charge in [-0.2, -0.15) is 5.10 Å². The summed E-state index contributed by atoms with van der Waals surface area (Å²) < 4.78 is 1.85. The Hall–Kier alpha value is -2.83. The Balaban J connectivity index is 1.54. The molecule has 1 heterocycles. The van der Waals surface area contributed by atoms with Crippen molar-refractivity contribution in [2.45, 2.75) is 32.4 Å². The van der Waals surface area contributed by atoms with Crippen LogP contribution in [0.5, 0.6) is 0 Å². The van der Waals surface area contributed by atoms with Crippen molar-refractivity contribution in [2.24, 2.45) is 5.92 Å². The summed E-state index contributed by atoms with van der Waals surface area (Å²) in [7, 11) is 0. The van der Waals surface area contributed by atoms with E-state index in [4.69, 9.17) is 5.11 Å². The van der Waals surface area contributed by atoms with Crippen LogP contribution in [0.2, 0.25) is 0 Å². The normalized spacial score (nSPS) is 14.9. The van der Waals surface area contributed by atoms with Crippen LogP contribution in [0.1, 0.15) is 41.7 Å². The lowest BCUT2D eigenvalue weighted by molar-refractivity contribution is 0.0697. The van der Waals surface area contributed by atoms with Gasteiger partial charge in [0.25, 0.3) is 0 Å². The first kappa shape index (κ1) is 16.0. The maximum absolute atomic E-state index is 12.1. The van der Waals surface area contributed by atoms with Crippen LogP contribution in [0.15, 0.2) is 36.5 Å². The summed E-state index contributed by atoms with van der Waals surface area (Å²) in [5.41, 5.74) is 1.05. The monoisotopic (exact) mass is 328 g/mol. The maximum atomic E-state index is 12.1. The lowest BCUT2D eigenvalue weighted by Gasteiger charge is -2.15. The average Bonchev–Trinajstić information content (AvgIpc) is 3.32. The van der Waals surface area contributed by atoms with Crippen molar-refractivity contribution in [3.8, 4) is 0 Å². The summed E-state index contributed by atoms with van der Waals surface area (Å²) >= 11 is 0. The summed E-state index contributed by atoms with van der Waals surface area (Å²) in [6.07, 6.45) is 4.09. The lowest BCUT2D eigenvalue weighted by atomic mass is 10.1. The molecule has 0 bridgehead atoms. The molecule has 1 aliphatic rings. The zero-order valence-corrected chi connectivity index (χ0v) is 13.4. The Kier molecular flexibility index (Phi) is 4.50. The molecule has 24 heavy (non-hydrogen) atoms. The first-order valence-electron chi connectivity index (χ1n) is 7.95. The van der Waals surface area contributed by atoms with Gasteiger partial charge in [-0.3, -0.25) is 5.32 Å². The van der Waals surface area contributed by atoms with E-state index in [2.05, 4.69) is 22.7 Å². The van der Waals surface area contributed by atoms with Gasteiger partial charge in [0.2, 0.25) is 0 Å². The fraction of sp³-hybridized carbons (Fsp3) is 0.353. The Morgan fingerprint density at radius 2 is 2.00 bits per heavy atom. The molecule has 0 spiro atoms. The third-order valence-corrected chi connectivity index (χ3v) is 4.26. The minimum absolute atomic E-state index is 0.223. The van der Waals surface area contributed by atoms with E-state index < -0.39 is 5.97 Å². The number of aromatic carboxylic acids is 1. The van der Waals surface area contributed by atoms with E-state index in [0.29, 0.717) is 18.3 Å². The van der Waals surface area contributed by atoms with Gasteiger partial charge < -0.3 is 10.4 Å². The van der Waals surface area contributed by atoms with Gasteiger partial charge in [-0.25, -0.2) is 14.3 Å². The highest BCUT2D eigenvalue weighted by molar-refractivity contribution is 5.88. The quantitative estimate of drug-likeness (QED) is 0.759. The maximum Gasteiger partial charge on any atom is 0.335 e. The molecule has 0 radical (unpaired) electrons. The molecule has 1 aliphatic carbocycles. The Morgan fingerprint density at radius 3 is 2.62 bits per heavy atom. The summed E-state index contributed by atoms with van der Waals surface area (Å²) in [4.78, 5) is 22.9. The fourth-order valence-electron chi connectivity index (χ4n) is 2.62. The van der Waals surface area contributed by atoms with Crippen LogP contribution in [0, 0.1) is 5.92 Å². The number of nitrogens with one attached hydrogen (secondary N) is 2. The number of carbonyl (C=O) groups excluding carboxylic acids is 1. The van der Waals surface area contributed by atoms with Crippen LogP contribution in [-0.4, -0.2) is 26.9 Å². The molecule has 3 N–H and O–H groups in total. The zero-order valence-electron chi connectivity index (χ0n) is 13.4. The standard InChI is InChI=1S/C17H20N4O3/c1-11(13-6-7-13)21-15(8-9-19-21)20-17(24)18-10-12-2-4-14(5-3-12)16(22)23/h2-5,8-9,11,13H,6-7,10H2,1H3,(H,22,23)(H2,18,20,24). The molecule has 1 aromatic heterocycles.